The largest absolute Gasteiger partial charge is 0.466 e. The molecule has 0 unspecified atom stereocenters. The van der Waals surface area contributed by atoms with Crippen LogP contribution in [-0.2, 0) is 61.9 Å². The summed E-state index contributed by atoms with van der Waals surface area (Å²) in [5.74, 6) is -8.02. The van der Waals surface area contributed by atoms with Gasteiger partial charge in [-0.25, -0.2) is 9.59 Å². The van der Waals surface area contributed by atoms with Gasteiger partial charge >= 0.3 is 29.8 Å². The zero-order valence-electron chi connectivity index (χ0n) is 36.2. The molecular formula is C43H64O17. The summed E-state index contributed by atoms with van der Waals surface area (Å²) < 4.78 is 46.4. The van der Waals surface area contributed by atoms with Crippen molar-refractivity contribution in [2.45, 2.75) is 179 Å². The van der Waals surface area contributed by atoms with Gasteiger partial charge in [0.15, 0.2) is 11.9 Å². The van der Waals surface area contributed by atoms with E-state index in [-0.39, 0.29) is 56.9 Å². The lowest BCUT2D eigenvalue weighted by atomic mass is 9.70. The van der Waals surface area contributed by atoms with Crippen LogP contribution in [0, 0.1) is 10.8 Å². The van der Waals surface area contributed by atoms with Gasteiger partial charge in [0.2, 0.25) is 5.79 Å². The zero-order valence-corrected chi connectivity index (χ0v) is 36.2. The molecule has 4 aliphatic rings. The number of esters is 5. The van der Waals surface area contributed by atoms with Crippen LogP contribution in [0.25, 0.3) is 0 Å². The highest BCUT2D eigenvalue weighted by atomic mass is 16.7. The van der Waals surface area contributed by atoms with Crippen molar-refractivity contribution >= 4 is 29.8 Å². The number of hydrogen-bond donors (Lipinski definition) is 4. The van der Waals surface area contributed by atoms with Crippen molar-refractivity contribution in [2.24, 2.45) is 10.8 Å². The van der Waals surface area contributed by atoms with Crippen molar-refractivity contribution in [3.8, 4) is 0 Å². The van der Waals surface area contributed by atoms with Gasteiger partial charge in [-0.2, -0.15) is 0 Å². The summed E-state index contributed by atoms with van der Waals surface area (Å²) in [4.78, 5) is 64.0. The van der Waals surface area contributed by atoms with Crippen LogP contribution in [0.1, 0.15) is 113 Å². The van der Waals surface area contributed by atoms with Crippen LogP contribution in [0.5, 0.6) is 0 Å². The molecule has 338 valence electrons. The van der Waals surface area contributed by atoms with Crippen molar-refractivity contribution in [3.05, 3.63) is 35.5 Å². The lowest BCUT2D eigenvalue weighted by Crippen LogP contribution is -2.62. The first-order valence-corrected chi connectivity index (χ1v) is 20.6. The summed E-state index contributed by atoms with van der Waals surface area (Å²) in [6, 6.07) is 0. The summed E-state index contributed by atoms with van der Waals surface area (Å²) in [6.45, 7) is 11.0. The first-order valence-electron chi connectivity index (χ1n) is 20.6. The molecule has 0 spiro atoms. The zero-order chi connectivity index (χ0) is 44.8. The van der Waals surface area contributed by atoms with E-state index < -0.39 is 114 Å². The number of aliphatic hydroxyl groups is 4. The first-order chi connectivity index (χ1) is 27.9. The first kappa shape index (κ1) is 49.0. The highest BCUT2D eigenvalue weighted by Crippen LogP contribution is 2.50. The lowest BCUT2D eigenvalue weighted by molar-refractivity contribution is -0.348. The highest BCUT2D eigenvalue weighted by molar-refractivity contribution is 5.83. The molecule has 3 fully saturated rings. The smallest absolute Gasteiger partial charge is 0.330 e. The van der Waals surface area contributed by atoms with Gasteiger partial charge in [-0.3, -0.25) is 14.4 Å². The van der Waals surface area contributed by atoms with E-state index in [1.54, 1.807) is 39.8 Å². The Morgan fingerprint density at radius 3 is 2.18 bits per heavy atom. The van der Waals surface area contributed by atoms with Crippen LogP contribution in [-0.4, -0.2) is 131 Å². The van der Waals surface area contributed by atoms with Crippen molar-refractivity contribution in [1.29, 1.82) is 0 Å². The van der Waals surface area contributed by atoms with Gasteiger partial charge in [0.1, 0.15) is 12.2 Å². The maximum atomic E-state index is 13.4. The molecule has 0 aromatic rings. The fraction of sp³-hybridized carbons (Fsp3) is 0.744. The topological polar surface area (TPSA) is 240 Å². The van der Waals surface area contributed by atoms with E-state index >= 15 is 0 Å². The number of hydrogen-bond acceptors (Lipinski definition) is 17. The number of carbonyl (C=O) groups excluding carboxylic acids is 5. The summed E-state index contributed by atoms with van der Waals surface area (Å²) in [5, 5.41) is 47.2. The van der Waals surface area contributed by atoms with E-state index in [0.29, 0.717) is 12.0 Å². The second-order valence-corrected chi connectivity index (χ2v) is 17.5. The van der Waals surface area contributed by atoms with Crippen LogP contribution >= 0.6 is 0 Å². The quantitative estimate of drug-likeness (QED) is 0.124. The SMILES string of the molecule is CCCC(=O)O[C@H]1C[C@H]2C[C@@H](O)CC(=O)O[C@@H]([C@@H](C)O)C[C@@H]3C/C(=C\C(=O)OC)[C@H](OC(C)=O)[C@@](O)(O3)C(C)(C)/C=C\[C@H]3C/C(=C\C(=O)OC)C[C@@H](C[C@](O)(O2)C1(C)C)O3. The van der Waals surface area contributed by atoms with E-state index in [1.807, 2.05) is 6.92 Å². The minimum atomic E-state index is -2.41. The van der Waals surface area contributed by atoms with Gasteiger partial charge in [-0.1, -0.05) is 52.3 Å². The standard InChI is InChI=1S/C43H64O17/c1-10-11-35(47)58-34-22-31-19-28(46)20-38(50)57-33(24(2)44)21-30-17-27(18-37(49)54-9)39(55-25(3)45)43(52,60-30)40(4,5)13-12-29-14-26(16-36(48)53-8)15-32(56-29)23-42(51,59-31)41(34,6)7/h12-13,16,18,24,28-34,39,44,46,51-52H,10-11,14-15,17,19-23H2,1-9H3/b13-12-,26-16+,27-18+/t24-,28-,29+,30+,31-,32+,33-,34+,39+,42+,43-/m1/s1. The molecule has 4 N–H and O–H groups in total. The predicted molar refractivity (Wildman–Crippen MR) is 210 cm³/mol. The van der Waals surface area contributed by atoms with Crippen LogP contribution in [0.2, 0.25) is 0 Å². The summed E-state index contributed by atoms with van der Waals surface area (Å²) >= 11 is 0. The Morgan fingerprint density at radius 1 is 0.900 bits per heavy atom. The van der Waals surface area contributed by atoms with Gasteiger partial charge < -0.3 is 58.3 Å². The normalized spacial score (nSPS) is 37.1. The van der Waals surface area contributed by atoms with Crippen LogP contribution in [0.15, 0.2) is 35.5 Å². The van der Waals surface area contributed by atoms with E-state index in [4.69, 9.17) is 37.9 Å². The number of methoxy groups -OCH3 is 2. The Morgan fingerprint density at radius 2 is 1.57 bits per heavy atom. The van der Waals surface area contributed by atoms with Gasteiger partial charge in [0.05, 0.1) is 62.7 Å². The number of carbonyl (C=O) groups is 5. The van der Waals surface area contributed by atoms with E-state index in [2.05, 4.69) is 0 Å². The maximum absolute atomic E-state index is 13.4. The molecule has 4 heterocycles. The van der Waals surface area contributed by atoms with E-state index in [9.17, 15) is 44.4 Å². The minimum absolute atomic E-state index is 0.0876. The van der Waals surface area contributed by atoms with Crippen LogP contribution in [0.3, 0.4) is 0 Å². The van der Waals surface area contributed by atoms with Gasteiger partial charge in [-0.15, -0.1) is 0 Å². The molecule has 0 aromatic carbocycles. The highest BCUT2D eigenvalue weighted by Gasteiger charge is 2.59. The Hall–Kier alpha value is -3.71. The molecule has 11 atom stereocenters. The number of fused-ring (bicyclic) bond motifs is 6. The Labute approximate surface area is 351 Å². The third-order valence-electron chi connectivity index (χ3n) is 11.9. The van der Waals surface area contributed by atoms with Gasteiger partial charge in [-0.05, 0) is 38.2 Å². The fourth-order valence-electron chi connectivity index (χ4n) is 8.33. The molecule has 60 heavy (non-hydrogen) atoms. The monoisotopic (exact) mass is 852 g/mol. The Kier molecular flexibility index (Phi) is 16.3. The number of aliphatic hydroxyl groups excluding tert-OH is 2. The molecule has 4 rings (SSSR count). The van der Waals surface area contributed by atoms with Crippen molar-refractivity contribution < 1.29 is 82.3 Å². The number of ether oxygens (including phenoxy) is 8. The molecule has 6 bridgehead atoms. The molecule has 0 amide bonds. The van der Waals surface area contributed by atoms with Gasteiger partial charge in [0, 0.05) is 56.6 Å². The van der Waals surface area contributed by atoms with Crippen LogP contribution < -0.4 is 0 Å². The van der Waals surface area contributed by atoms with E-state index in [1.165, 1.54) is 20.1 Å². The van der Waals surface area contributed by atoms with Crippen LogP contribution in [0.4, 0.5) is 0 Å². The Bertz CT molecular complexity index is 1660. The van der Waals surface area contributed by atoms with Crippen molar-refractivity contribution in [3.63, 3.8) is 0 Å². The third kappa shape index (κ3) is 11.8. The lowest BCUT2D eigenvalue weighted by Gasteiger charge is -2.53. The molecule has 17 heteroatoms. The number of rotatable bonds is 7. The average Bonchev–Trinajstić information content (AvgIpc) is 3.13. The van der Waals surface area contributed by atoms with Gasteiger partial charge in [0.25, 0.3) is 0 Å². The molecule has 3 saturated heterocycles. The predicted octanol–water partition coefficient (Wildman–Crippen LogP) is 3.17. The molecule has 4 aliphatic heterocycles. The Balaban J connectivity index is 1.88. The van der Waals surface area contributed by atoms with Crippen molar-refractivity contribution in [1.82, 2.24) is 0 Å². The minimum Gasteiger partial charge on any atom is -0.466 e. The summed E-state index contributed by atoms with van der Waals surface area (Å²) in [6.07, 6.45) is -4.32. The molecule has 0 radical (unpaired) electrons. The molecule has 0 aromatic heterocycles. The summed E-state index contributed by atoms with van der Waals surface area (Å²) in [5.41, 5.74) is -1.97. The third-order valence-corrected chi connectivity index (χ3v) is 11.9. The second-order valence-electron chi connectivity index (χ2n) is 17.5. The molecule has 0 aliphatic carbocycles. The molecule has 17 nitrogen and oxygen atoms in total. The van der Waals surface area contributed by atoms with Crippen molar-refractivity contribution in [2.75, 3.05) is 14.2 Å². The summed E-state index contributed by atoms with van der Waals surface area (Å²) in [7, 11) is 2.40. The molecular weight excluding hydrogens is 788 g/mol. The second kappa shape index (κ2) is 20.0. The fourth-order valence-corrected chi connectivity index (χ4v) is 8.33. The average molecular weight is 853 g/mol. The number of cyclic esters (lactones) is 1. The molecule has 0 saturated carbocycles. The van der Waals surface area contributed by atoms with E-state index in [0.717, 1.165) is 20.1 Å². The maximum Gasteiger partial charge on any atom is 0.330 e.